The lowest BCUT2D eigenvalue weighted by Crippen LogP contribution is -2.15. The Bertz CT molecular complexity index is 1030. The third-order valence-electron chi connectivity index (χ3n) is 3.93. The van der Waals surface area contributed by atoms with E-state index in [1.165, 1.54) is 11.8 Å². The number of amides is 1. The first-order valence-corrected chi connectivity index (χ1v) is 9.56. The molecule has 6 heteroatoms. The van der Waals surface area contributed by atoms with Crippen molar-refractivity contribution in [2.45, 2.75) is 18.9 Å². The minimum absolute atomic E-state index is 0.152. The van der Waals surface area contributed by atoms with Gasteiger partial charge in [-0.15, -0.1) is 0 Å². The molecule has 0 aliphatic rings. The van der Waals surface area contributed by atoms with Crippen LogP contribution in [0, 0.1) is 18.3 Å². The summed E-state index contributed by atoms with van der Waals surface area (Å²) < 4.78 is 5.52. The minimum atomic E-state index is -0.178. The molecule has 0 bridgehead atoms. The highest BCUT2D eigenvalue weighted by molar-refractivity contribution is 8.00. The SMILES string of the molecule is CCOc1ccccc1NC(=O)CSc1nc2c(C)cccc2cc1C#N. The molecule has 1 aromatic heterocycles. The van der Waals surface area contributed by atoms with Crippen LogP contribution in [0.3, 0.4) is 0 Å². The van der Waals surface area contributed by atoms with Gasteiger partial charge < -0.3 is 10.1 Å². The Morgan fingerprint density at radius 3 is 2.85 bits per heavy atom. The van der Waals surface area contributed by atoms with Gasteiger partial charge in [-0.1, -0.05) is 42.1 Å². The smallest absolute Gasteiger partial charge is 0.234 e. The fourth-order valence-electron chi connectivity index (χ4n) is 2.69. The molecule has 0 radical (unpaired) electrons. The maximum Gasteiger partial charge on any atom is 0.234 e. The molecule has 5 nitrogen and oxygen atoms in total. The lowest BCUT2D eigenvalue weighted by molar-refractivity contribution is -0.113. The highest BCUT2D eigenvalue weighted by Crippen LogP contribution is 2.27. The number of hydrogen-bond acceptors (Lipinski definition) is 5. The van der Waals surface area contributed by atoms with E-state index >= 15 is 0 Å². The van der Waals surface area contributed by atoms with Gasteiger partial charge in [0.1, 0.15) is 16.8 Å². The summed E-state index contributed by atoms with van der Waals surface area (Å²) in [5, 5.41) is 13.8. The van der Waals surface area contributed by atoms with Crippen molar-refractivity contribution in [3.8, 4) is 11.8 Å². The summed E-state index contributed by atoms with van der Waals surface area (Å²) in [4.78, 5) is 17.0. The van der Waals surface area contributed by atoms with E-state index < -0.39 is 0 Å². The molecule has 0 spiro atoms. The van der Waals surface area contributed by atoms with Gasteiger partial charge >= 0.3 is 0 Å². The van der Waals surface area contributed by atoms with Crippen LogP contribution in [0.25, 0.3) is 10.9 Å². The number of para-hydroxylation sites is 3. The summed E-state index contributed by atoms with van der Waals surface area (Å²) in [6.07, 6.45) is 0. The lowest BCUT2D eigenvalue weighted by Gasteiger charge is -2.11. The number of aryl methyl sites for hydroxylation is 1. The number of thioether (sulfide) groups is 1. The zero-order valence-electron chi connectivity index (χ0n) is 15.2. The molecule has 3 aromatic rings. The second kappa shape index (κ2) is 8.56. The second-order valence-electron chi connectivity index (χ2n) is 5.87. The zero-order valence-corrected chi connectivity index (χ0v) is 16.0. The van der Waals surface area contributed by atoms with Crippen LogP contribution in [0.2, 0.25) is 0 Å². The van der Waals surface area contributed by atoms with Gasteiger partial charge in [0.15, 0.2) is 0 Å². The number of aromatic nitrogens is 1. The highest BCUT2D eigenvalue weighted by Gasteiger charge is 2.12. The largest absolute Gasteiger partial charge is 0.492 e. The average molecular weight is 377 g/mol. The summed E-state index contributed by atoms with van der Waals surface area (Å²) in [6.45, 7) is 4.39. The van der Waals surface area contributed by atoms with Crippen LogP contribution in [0.5, 0.6) is 5.75 Å². The molecule has 27 heavy (non-hydrogen) atoms. The summed E-state index contributed by atoms with van der Waals surface area (Å²) in [5.74, 6) is 0.609. The van der Waals surface area contributed by atoms with Crippen LogP contribution < -0.4 is 10.1 Å². The van der Waals surface area contributed by atoms with Crippen LogP contribution in [0.15, 0.2) is 53.6 Å². The van der Waals surface area contributed by atoms with Gasteiger partial charge in [-0.25, -0.2) is 4.98 Å². The van der Waals surface area contributed by atoms with Crippen molar-refractivity contribution < 1.29 is 9.53 Å². The van der Waals surface area contributed by atoms with Crippen LogP contribution in [0.1, 0.15) is 18.1 Å². The molecular formula is C21H19N3O2S. The van der Waals surface area contributed by atoms with E-state index in [2.05, 4.69) is 16.4 Å². The lowest BCUT2D eigenvalue weighted by atomic mass is 10.1. The van der Waals surface area contributed by atoms with Crippen molar-refractivity contribution in [2.75, 3.05) is 17.7 Å². The van der Waals surface area contributed by atoms with Crippen molar-refractivity contribution in [2.24, 2.45) is 0 Å². The Morgan fingerprint density at radius 1 is 1.26 bits per heavy atom. The fraction of sp³-hybridized carbons (Fsp3) is 0.190. The Hall–Kier alpha value is -3.04. The molecule has 0 aliphatic heterocycles. The second-order valence-corrected chi connectivity index (χ2v) is 6.83. The van der Waals surface area contributed by atoms with E-state index in [-0.39, 0.29) is 11.7 Å². The molecule has 2 aromatic carbocycles. The summed E-state index contributed by atoms with van der Waals surface area (Å²) in [6, 6.07) is 17.2. The zero-order chi connectivity index (χ0) is 19.2. The molecule has 3 rings (SSSR count). The highest BCUT2D eigenvalue weighted by atomic mass is 32.2. The van der Waals surface area contributed by atoms with Crippen molar-refractivity contribution in [3.63, 3.8) is 0 Å². The monoisotopic (exact) mass is 377 g/mol. The molecule has 0 aliphatic carbocycles. The van der Waals surface area contributed by atoms with E-state index in [0.29, 0.717) is 28.6 Å². The summed E-state index contributed by atoms with van der Waals surface area (Å²) in [5.41, 5.74) is 2.99. The Balaban J connectivity index is 1.76. The first-order chi connectivity index (χ1) is 13.1. The summed E-state index contributed by atoms with van der Waals surface area (Å²) in [7, 11) is 0. The third kappa shape index (κ3) is 4.39. The Morgan fingerprint density at radius 2 is 2.07 bits per heavy atom. The average Bonchev–Trinajstić information content (AvgIpc) is 2.68. The van der Waals surface area contributed by atoms with Crippen molar-refractivity contribution in [1.29, 1.82) is 5.26 Å². The van der Waals surface area contributed by atoms with E-state index in [1.807, 2.05) is 56.3 Å². The molecule has 0 unspecified atom stereocenters. The van der Waals surface area contributed by atoms with Crippen LogP contribution in [0.4, 0.5) is 5.69 Å². The van der Waals surface area contributed by atoms with E-state index in [0.717, 1.165) is 16.5 Å². The van der Waals surface area contributed by atoms with E-state index in [4.69, 9.17) is 4.74 Å². The normalized spacial score (nSPS) is 10.4. The Labute approximate surface area is 162 Å². The van der Waals surface area contributed by atoms with Crippen molar-refractivity contribution in [1.82, 2.24) is 4.98 Å². The van der Waals surface area contributed by atoms with Gasteiger partial charge in [0, 0.05) is 5.39 Å². The van der Waals surface area contributed by atoms with Crippen molar-refractivity contribution >= 4 is 34.3 Å². The maximum atomic E-state index is 12.4. The fourth-order valence-corrected chi connectivity index (χ4v) is 3.45. The third-order valence-corrected chi connectivity index (χ3v) is 4.93. The molecule has 0 atom stereocenters. The van der Waals surface area contributed by atoms with Gasteiger partial charge in [-0.2, -0.15) is 5.26 Å². The van der Waals surface area contributed by atoms with Gasteiger partial charge in [0.25, 0.3) is 0 Å². The number of rotatable bonds is 6. The maximum absolute atomic E-state index is 12.4. The number of nitrogens with zero attached hydrogens (tertiary/aromatic N) is 2. The number of fused-ring (bicyclic) bond motifs is 1. The molecule has 1 N–H and O–H groups in total. The van der Waals surface area contributed by atoms with Crippen LogP contribution >= 0.6 is 11.8 Å². The van der Waals surface area contributed by atoms with E-state index in [9.17, 15) is 10.1 Å². The van der Waals surface area contributed by atoms with Crippen LogP contribution in [-0.2, 0) is 4.79 Å². The number of ether oxygens (including phenoxy) is 1. The number of nitriles is 1. The molecule has 1 heterocycles. The number of hydrogen-bond donors (Lipinski definition) is 1. The predicted molar refractivity (Wildman–Crippen MR) is 108 cm³/mol. The number of carbonyl (C=O) groups is 1. The first kappa shape index (κ1) is 18.7. The summed E-state index contributed by atoms with van der Waals surface area (Å²) >= 11 is 1.26. The van der Waals surface area contributed by atoms with Gasteiger partial charge in [-0.05, 0) is 37.6 Å². The standard InChI is InChI=1S/C21H19N3O2S/c1-3-26-18-10-5-4-9-17(18)23-19(25)13-27-21-16(12-22)11-15-8-6-7-14(2)20(15)24-21/h4-11H,3,13H2,1-2H3,(H,23,25). The van der Waals surface area contributed by atoms with Crippen molar-refractivity contribution in [3.05, 3.63) is 59.7 Å². The molecule has 1 amide bonds. The van der Waals surface area contributed by atoms with Gasteiger partial charge in [-0.3, -0.25) is 4.79 Å². The molecule has 0 fully saturated rings. The quantitative estimate of drug-likeness (QED) is 0.638. The Kier molecular flexibility index (Phi) is 5.94. The topological polar surface area (TPSA) is 75.0 Å². The van der Waals surface area contributed by atoms with Crippen LogP contribution in [-0.4, -0.2) is 23.3 Å². The molecular weight excluding hydrogens is 358 g/mol. The van der Waals surface area contributed by atoms with E-state index in [1.54, 1.807) is 6.07 Å². The number of benzene rings is 2. The minimum Gasteiger partial charge on any atom is -0.492 e. The van der Waals surface area contributed by atoms with Gasteiger partial charge in [0.2, 0.25) is 5.91 Å². The molecule has 136 valence electrons. The number of carbonyl (C=O) groups excluding carboxylic acids is 1. The number of anilines is 1. The molecule has 0 saturated heterocycles. The predicted octanol–water partition coefficient (Wildman–Crippen LogP) is 4.54. The van der Waals surface area contributed by atoms with Gasteiger partial charge in [0.05, 0.1) is 29.1 Å². The first-order valence-electron chi connectivity index (χ1n) is 8.57. The number of nitrogens with one attached hydrogen (secondary N) is 1. The molecule has 0 saturated carbocycles. The number of pyridine rings is 1.